The molecule has 0 radical (unpaired) electrons. The highest BCUT2D eigenvalue weighted by atomic mass is 16.5. The number of nitrogens with one attached hydrogen (secondary N) is 1. The van der Waals surface area contributed by atoms with Crippen molar-refractivity contribution in [3.05, 3.63) is 52.5 Å². The normalized spacial score (nSPS) is 12.0. The molecule has 2 aromatic heterocycles. The number of anilines is 1. The number of nitrogens with zero attached hydrogens (tertiary/aromatic N) is 3. The van der Waals surface area contributed by atoms with Gasteiger partial charge < -0.3 is 19.3 Å². The van der Waals surface area contributed by atoms with Crippen LogP contribution in [0.5, 0.6) is 11.5 Å². The Bertz CT molecular complexity index is 1130. The highest BCUT2D eigenvalue weighted by Gasteiger charge is 2.26. The van der Waals surface area contributed by atoms with Crippen LogP contribution in [0.3, 0.4) is 0 Å². The molecular weight excluding hydrogens is 420 g/mol. The Morgan fingerprint density at radius 3 is 2.33 bits per heavy atom. The summed E-state index contributed by atoms with van der Waals surface area (Å²) < 4.78 is 18.4. The molecule has 0 fully saturated rings. The fourth-order valence-electron chi connectivity index (χ4n) is 3.32. The van der Waals surface area contributed by atoms with Crippen LogP contribution in [0.1, 0.15) is 74.6 Å². The second-order valence-electron chi connectivity index (χ2n) is 10.2. The van der Waals surface area contributed by atoms with E-state index < -0.39 is 0 Å². The number of hydrogen-bond acceptors (Lipinski definition) is 6. The van der Waals surface area contributed by atoms with Crippen LogP contribution in [0, 0.1) is 13.8 Å². The largest absolute Gasteiger partial charge is 0.493 e. The van der Waals surface area contributed by atoms with Gasteiger partial charge in [0.05, 0.1) is 29.6 Å². The lowest BCUT2D eigenvalue weighted by Crippen LogP contribution is -2.27. The highest BCUT2D eigenvalue weighted by molar-refractivity contribution is 6.04. The molecule has 8 heteroatoms. The first-order valence-corrected chi connectivity index (χ1v) is 11.0. The van der Waals surface area contributed by atoms with Gasteiger partial charge >= 0.3 is 0 Å². The molecule has 178 valence electrons. The van der Waals surface area contributed by atoms with Crippen LogP contribution in [0.15, 0.2) is 28.8 Å². The van der Waals surface area contributed by atoms with Crippen molar-refractivity contribution in [1.82, 2.24) is 14.9 Å². The van der Waals surface area contributed by atoms with Gasteiger partial charge in [0.25, 0.3) is 5.91 Å². The maximum absolute atomic E-state index is 13.1. The summed E-state index contributed by atoms with van der Waals surface area (Å²) in [6.07, 6.45) is 0. The molecular formula is C25H34N4O4. The van der Waals surface area contributed by atoms with Crippen molar-refractivity contribution in [3.63, 3.8) is 0 Å². The average molecular weight is 455 g/mol. The van der Waals surface area contributed by atoms with Gasteiger partial charge in [-0.3, -0.25) is 4.79 Å². The molecule has 0 aliphatic carbocycles. The molecule has 0 unspecified atom stereocenters. The summed E-state index contributed by atoms with van der Waals surface area (Å²) in [6, 6.07) is 7.04. The molecule has 0 saturated heterocycles. The van der Waals surface area contributed by atoms with E-state index in [1.807, 2.05) is 24.6 Å². The fourth-order valence-corrected chi connectivity index (χ4v) is 3.32. The lowest BCUT2D eigenvalue weighted by Gasteiger charge is -2.23. The van der Waals surface area contributed by atoms with E-state index in [9.17, 15) is 4.79 Å². The van der Waals surface area contributed by atoms with Crippen LogP contribution in [-0.2, 0) is 17.6 Å². The van der Waals surface area contributed by atoms with Crippen molar-refractivity contribution >= 4 is 11.7 Å². The van der Waals surface area contributed by atoms with Gasteiger partial charge in [0.1, 0.15) is 18.2 Å². The summed E-state index contributed by atoms with van der Waals surface area (Å²) in [7, 11) is 1.55. The Morgan fingerprint density at radius 2 is 1.79 bits per heavy atom. The Balaban J connectivity index is 1.83. The zero-order valence-corrected chi connectivity index (χ0v) is 21.0. The van der Waals surface area contributed by atoms with Crippen molar-refractivity contribution in [1.29, 1.82) is 0 Å². The molecule has 0 aliphatic rings. The number of methoxy groups -OCH3 is 1. The topological polar surface area (TPSA) is 91.4 Å². The lowest BCUT2D eigenvalue weighted by atomic mass is 9.92. The Kier molecular flexibility index (Phi) is 6.58. The van der Waals surface area contributed by atoms with Gasteiger partial charge in [-0.1, -0.05) is 25.9 Å². The number of carbonyl (C=O) groups is 1. The predicted octanol–water partition coefficient (Wildman–Crippen LogP) is 5.38. The Hall–Kier alpha value is -3.29. The first-order chi connectivity index (χ1) is 15.3. The summed E-state index contributed by atoms with van der Waals surface area (Å²) in [5, 5.41) is 11.7. The third kappa shape index (κ3) is 5.38. The van der Waals surface area contributed by atoms with Gasteiger partial charge in [0.15, 0.2) is 11.5 Å². The molecule has 3 rings (SSSR count). The molecule has 0 spiro atoms. The highest BCUT2D eigenvalue weighted by Crippen LogP contribution is 2.31. The van der Waals surface area contributed by atoms with E-state index in [1.54, 1.807) is 25.3 Å². The molecule has 8 nitrogen and oxygen atoms in total. The second-order valence-corrected chi connectivity index (χ2v) is 10.2. The predicted molar refractivity (Wildman–Crippen MR) is 127 cm³/mol. The van der Waals surface area contributed by atoms with E-state index in [4.69, 9.17) is 19.1 Å². The minimum Gasteiger partial charge on any atom is -0.493 e. The summed E-state index contributed by atoms with van der Waals surface area (Å²) in [5.74, 6) is 2.11. The minimum absolute atomic E-state index is 0.139. The standard InChI is InChI=1S/C25H34N4O4/c1-15-18(16(2)33-28-15)14-32-19-11-10-17(12-20(19)31-9)23(30)26-22-13-21(24(3,4)5)27-29(22)25(6,7)8/h10-13H,14H2,1-9H3,(H,26,30). The lowest BCUT2D eigenvalue weighted by molar-refractivity contribution is 0.102. The molecule has 1 amide bonds. The van der Waals surface area contributed by atoms with Crippen LogP contribution >= 0.6 is 0 Å². The fraction of sp³-hybridized carbons (Fsp3) is 0.480. The zero-order valence-electron chi connectivity index (χ0n) is 21.0. The summed E-state index contributed by atoms with van der Waals surface area (Å²) in [6.45, 7) is 16.5. The molecule has 3 aromatic rings. The van der Waals surface area contributed by atoms with Gasteiger partial charge in [-0.2, -0.15) is 5.10 Å². The minimum atomic E-state index is -0.292. The molecule has 33 heavy (non-hydrogen) atoms. The maximum Gasteiger partial charge on any atom is 0.256 e. The van der Waals surface area contributed by atoms with Crippen LogP contribution in [0.25, 0.3) is 0 Å². The summed E-state index contributed by atoms with van der Waals surface area (Å²) in [4.78, 5) is 13.1. The molecule has 1 aromatic carbocycles. The third-order valence-electron chi connectivity index (χ3n) is 5.33. The van der Waals surface area contributed by atoms with Gasteiger partial charge in [-0.05, 0) is 52.8 Å². The number of carbonyl (C=O) groups excluding carboxylic acids is 1. The number of ether oxygens (including phenoxy) is 2. The molecule has 0 aliphatic heterocycles. The van der Waals surface area contributed by atoms with E-state index in [-0.39, 0.29) is 16.9 Å². The average Bonchev–Trinajstić information content (AvgIpc) is 3.29. The van der Waals surface area contributed by atoms with Crippen LogP contribution in [0.2, 0.25) is 0 Å². The van der Waals surface area contributed by atoms with Crippen molar-refractivity contribution < 1.29 is 18.8 Å². The smallest absolute Gasteiger partial charge is 0.256 e. The van der Waals surface area contributed by atoms with E-state index >= 15 is 0 Å². The third-order valence-corrected chi connectivity index (χ3v) is 5.33. The van der Waals surface area contributed by atoms with Crippen molar-refractivity contribution in [2.24, 2.45) is 0 Å². The zero-order chi connectivity index (χ0) is 24.6. The summed E-state index contributed by atoms with van der Waals surface area (Å²) >= 11 is 0. The molecule has 0 atom stereocenters. The number of aryl methyl sites for hydroxylation is 2. The van der Waals surface area contributed by atoms with Crippen LogP contribution in [0.4, 0.5) is 5.82 Å². The Labute approximate surface area is 195 Å². The van der Waals surface area contributed by atoms with E-state index in [0.717, 1.165) is 17.0 Å². The van der Waals surface area contributed by atoms with E-state index in [2.05, 4.69) is 52.0 Å². The van der Waals surface area contributed by atoms with Crippen molar-refractivity contribution in [2.45, 2.75) is 73.0 Å². The van der Waals surface area contributed by atoms with Gasteiger partial charge in [0, 0.05) is 17.0 Å². The number of aromatic nitrogens is 3. The first-order valence-electron chi connectivity index (χ1n) is 11.0. The maximum atomic E-state index is 13.1. The monoisotopic (exact) mass is 454 g/mol. The van der Waals surface area contributed by atoms with Gasteiger partial charge in [0.2, 0.25) is 0 Å². The quantitative estimate of drug-likeness (QED) is 0.538. The van der Waals surface area contributed by atoms with E-state index in [1.165, 1.54) is 0 Å². The molecule has 0 saturated carbocycles. The SMILES string of the molecule is COc1cc(C(=O)Nc2cc(C(C)(C)C)nn2C(C)(C)C)ccc1OCc1c(C)noc1C. The molecule has 1 N–H and O–H groups in total. The van der Waals surface area contributed by atoms with Crippen molar-refractivity contribution in [2.75, 3.05) is 12.4 Å². The van der Waals surface area contributed by atoms with Crippen molar-refractivity contribution in [3.8, 4) is 11.5 Å². The number of amides is 1. The van der Waals surface area contributed by atoms with Crippen LogP contribution < -0.4 is 14.8 Å². The molecule has 0 bridgehead atoms. The van der Waals surface area contributed by atoms with Gasteiger partial charge in [-0.15, -0.1) is 0 Å². The number of rotatable bonds is 6. The number of hydrogen-bond donors (Lipinski definition) is 1. The summed E-state index contributed by atoms with van der Waals surface area (Å²) in [5.41, 5.74) is 2.61. The second kappa shape index (κ2) is 8.92. The van der Waals surface area contributed by atoms with E-state index in [0.29, 0.717) is 35.2 Å². The molecule has 2 heterocycles. The Morgan fingerprint density at radius 1 is 1.09 bits per heavy atom. The first kappa shape index (κ1) is 24.4. The van der Waals surface area contributed by atoms with Gasteiger partial charge in [-0.25, -0.2) is 4.68 Å². The van der Waals surface area contributed by atoms with Crippen LogP contribution in [-0.4, -0.2) is 28.0 Å². The number of benzene rings is 1.